The molecule has 0 fully saturated rings. The van der Waals surface area contributed by atoms with Crippen molar-refractivity contribution in [3.8, 4) is 0 Å². The van der Waals surface area contributed by atoms with Crippen molar-refractivity contribution in [2.75, 3.05) is 6.26 Å². The Labute approximate surface area is 210 Å². The number of benzene rings is 3. The van der Waals surface area contributed by atoms with Gasteiger partial charge in [0.05, 0.1) is 12.3 Å². The molecule has 0 saturated heterocycles. The van der Waals surface area contributed by atoms with E-state index in [-0.39, 0.29) is 19.5 Å². The molecule has 0 radical (unpaired) electrons. The standard InChI is InChI=1S/C15H17ClN2O2S.C10H14.Ru/c1-21(19,20)18-15(16,13-10-6-3-7-11-13)14(17)12-8-4-2-5-9-12;1-8(2)10-6-4-9(3)5-7-10;/h2-11,14,18H,17H2,1H3;4-8H,1-3H3;/t14-,15+;;/m0../s1. The van der Waals surface area contributed by atoms with Crippen molar-refractivity contribution >= 4 is 21.6 Å². The topological polar surface area (TPSA) is 72.2 Å². The third kappa shape index (κ3) is 8.42. The Hall–Kier alpha value is -1.56. The van der Waals surface area contributed by atoms with Crippen molar-refractivity contribution in [1.82, 2.24) is 4.72 Å². The first-order chi connectivity index (χ1) is 14.5. The Bertz CT molecular complexity index is 1050. The zero-order valence-electron chi connectivity index (χ0n) is 18.8. The molecule has 2 atom stereocenters. The molecule has 32 heavy (non-hydrogen) atoms. The monoisotopic (exact) mass is 560 g/mol. The van der Waals surface area contributed by atoms with E-state index in [9.17, 15) is 8.42 Å². The molecule has 0 bridgehead atoms. The molecule has 3 rings (SSSR count). The third-order valence-corrected chi connectivity index (χ3v) is 6.21. The predicted molar refractivity (Wildman–Crippen MR) is 131 cm³/mol. The molecule has 0 aromatic heterocycles. The second-order valence-electron chi connectivity index (χ2n) is 7.91. The Kier molecular flexibility index (Phi) is 11.2. The van der Waals surface area contributed by atoms with Gasteiger partial charge in [-0.3, -0.25) is 0 Å². The fourth-order valence-corrected chi connectivity index (χ4v) is 4.55. The van der Waals surface area contributed by atoms with E-state index in [1.165, 1.54) is 11.1 Å². The first-order valence-electron chi connectivity index (χ1n) is 10.1. The smallest absolute Gasteiger partial charge is 0.210 e. The van der Waals surface area contributed by atoms with E-state index in [1.807, 2.05) is 36.4 Å². The van der Waals surface area contributed by atoms with Crippen LogP contribution in [0.2, 0.25) is 0 Å². The molecular weight excluding hydrogens is 529 g/mol. The number of halogens is 1. The Morgan fingerprint density at radius 2 is 1.31 bits per heavy atom. The van der Waals surface area contributed by atoms with Crippen LogP contribution in [-0.4, -0.2) is 14.7 Å². The van der Waals surface area contributed by atoms with Crippen LogP contribution >= 0.6 is 11.6 Å². The van der Waals surface area contributed by atoms with Crippen LogP contribution in [0.4, 0.5) is 0 Å². The number of sulfonamides is 1. The second-order valence-corrected chi connectivity index (χ2v) is 10.3. The molecule has 7 heteroatoms. The molecule has 3 N–H and O–H groups in total. The number of nitrogens with two attached hydrogens (primary N) is 1. The summed E-state index contributed by atoms with van der Waals surface area (Å²) in [4.78, 5) is -1.45. The van der Waals surface area contributed by atoms with Gasteiger partial charge in [-0.2, -0.15) is 4.72 Å². The van der Waals surface area contributed by atoms with Crippen molar-refractivity contribution in [3.63, 3.8) is 0 Å². The van der Waals surface area contributed by atoms with Crippen LogP contribution in [0.5, 0.6) is 0 Å². The number of hydrogen-bond acceptors (Lipinski definition) is 3. The van der Waals surface area contributed by atoms with Gasteiger partial charge in [-0.25, -0.2) is 8.42 Å². The SMILES string of the molecule is CS(=O)(=O)N[C@](Cl)(c1ccccc1)[C@@H](N)c1ccccc1.Cc1ccc(C(C)C)cc1.[Ru]. The molecule has 3 aromatic carbocycles. The van der Waals surface area contributed by atoms with Gasteiger partial charge >= 0.3 is 0 Å². The second kappa shape index (κ2) is 12.6. The Morgan fingerprint density at radius 3 is 1.75 bits per heavy atom. The number of aryl methyl sites for hydroxylation is 1. The Balaban J connectivity index is 0.000000393. The molecule has 0 amide bonds. The van der Waals surface area contributed by atoms with Crippen LogP contribution in [0.1, 0.15) is 48.1 Å². The van der Waals surface area contributed by atoms with E-state index in [4.69, 9.17) is 17.3 Å². The largest absolute Gasteiger partial charge is 0.321 e. The molecular formula is C25H31ClN2O2RuS. The van der Waals surface area contributed by atoms with Gasteiger partial charge in [0.2, 0.25) is 10.0 Å². The average molecular weight is 560 g/mol. The first-order valence-corrected chi connectivity index (χ1v) is 12.4. The zero-order valence-corrected chi connectivity index (χ0v) is 22.1. The van der Waals surface area contributed by atoms with Crippen molar-refractivity contribution in [3.05, 3.63) is 107 Å². The summed E-state index contributed by atoms with van der Waals surface area (Å²) in [6, 6.07) is 26.0. The fourth-order valence-electron chi connectivity index (χ4n) is 3.09. The van der Waals surface area contributed by atoms with E-state index in [2.05, 4.69) is 49.8 Å². The van der Waals surface area contributed by atoms with E-state index in [0.29, 0.717) is 11.5 Å². The van der Waals surface area contributed by atoms with Crippen LogP contribution in [0, 0.1) is 6.92 Å². The van der Waals surface area contributed by atoms with Gasteiger partial charge in [0.1, 0.15) is 0 Å². The quantitative estimate of drug-likeness (QED) is 0.240. The van der Waals surface area contributed by atoms with Gasteiger partial charge < -0.3 is 5.73 Å². The van der Waals surface area contributed by atoms with Gasteiger partial charge in [-0.1, -0.05) is 116 Å². The van der Waals surface area contributed by atoms with Crippen LogP contribution in [0.3, 0.4) is 0 Å². The third-order valence-electron chi connectivity index (χ3n) is 4.86. The van der Waals surface area contributed by atoms with Crippen LogP contribution in [0.25, 0.3) is 0 Å². The summed E-state index contributed by atoms with van der Waals surface area (Å²) in [5, 5.41) is 0. The maximum Gasteiger partial charge on any atom is 0.210 e. The van der Waals surface area contributed by atoms with E-state index in [0.717, 1.165) is 11.8 Å². The summed E-state index contributed by atoms with van der Waals surface area (Å²) >= 11 is 6.62. The molecule has 0 unspecified atom stereocenters. The summed E-state index contributed by atoms with van der Waals surface area (Å²) in [6.07, 6.45) is 1.06. The van der Waals surface area contributed by atoms with Crippen LogP contribution < -0.4 is 10.5 Å². The number of rotatable bonds is 6. The molecule has 3 aromatic rings. The van der Waals surface area contributed by atoms with Crippen LogP contribution in [-0.2, 0) is 34.5 Å². The number of hydrogen-bond donors (Lipinski definition) is 2. The van der Waals surface area contributed by atoms with Crippen molar-refractivity contribution < 1.29 is 27.9 Å². The minimum atomic E-state index is -3.54. The van der Waals surface area contributed by atoms with Crippen molar-refractivity contribution in [1.29, 1.82) is 0 Å². The van der Waals surface area contributed by atoms with Crippen LogP contribution in [0.15, 0.2) is 84.9 Å². The minimum absolute atomic E-state index is 0. The van der Waals surface area contributed by atoms with E-state index < -0.39 is 21.1 Å². The maximum atomic E-state index is 11.7. The summed E-state index contributed by atoms with van der Waals surface area (Å²) in [5.41, 5.74) is 10.3. The molecule has 0 aliphatic carbocycles. The molecule has 0 saturated carbocycles. The first kappa shape index (κ1) is 28.5. The molecule has 0 heterocycles. The van der Waals surface area contributed by atoms with Gasteiger partial charge in [-0.05, 0) is 29.5 Å². The summed E-state index contributed by atoms with van der Waals surface area (Å²) in [5.74, 6) is 0.653. The fraction of sp³-hybridized carbons (Fsp3) is 0.280. The zero-order chi connectivity index (χ0) is 23.1. The van der Waals surface area contributed by atoms with Gasteiger partial charge in [-0.15, -0.1) is 0 Å². The Morgan fingerprint density at radius 1 is 0.844 bits per heavy atom. The predicted octanol–water partition coefficient (Wildman–Crippen LogP) is 5.44. The normalized spacial score (nSPS) is 13.8. The van der Waals surface area contributed by atoms with Gasteiger partial charge in [0.15, 0.2) is 5.00 Å². The molecule has 174 valence electrons. The van der Waals surface area contributed by atoms with E-state index >= 15 is 0 Å². The van der Waals surface area contributed by atoms with Gasteiger partial charge in [0.25, 0.3) is 0 Å². The summed E-state index contributed by atoms with van der Waals surface area (Å²) in [6.45, 7) is 6.54. The van der Waals surface area contributed by atoms with Crippen molar-refractivity contribution in [2.45, 2.75) is 37.7 Å². The molecule has 0 spiro atoms. The summed E-state index contributed by atoms with van der Waals surface area (Å²) < 4.78 is 25.9. The van der Waals surface area contributed by atoms with Gasteiger partial charge in [0, 0.05) is 19.5 Å². The number of nitrogens with one attached hydrogen (secondary N) is 1. The summed E-state index contributed by atoms with van der Waals surface area (Å²) in [7, 11) is -3.54. The minimum Gasteiger partial charge on any atom is -0.321 e. The number of alkyl halides is 1. The van der Waals surface area contributed by atoms with Crippen molar-refractivity contribution in [2.24, 2.45) is 5.73 Å². The maximum absolute atomic E-state index is 11.7. The average Bonchev–Trinajstić information content (AvgIpc) is 2.74. The molecule has 4 nitrogen and oxygen atoms in total. The molecule has 0 aliphatic heterocycles. The van der Waals surface area contributed by atoms with E-state index in [1.54, 1.807) is 24.3 Å². The molecule has 0 aliphatic rings.